The van der Waals surface area contributed by atoms with E-state index in [0.717, 1.165) is 43.1 Å². The van der Waals surface area contributed by atoms with Crippen LogP contribution in [0.5, 0.6) is 5.75 Å². The first-order chi connectivity index (χ1) is 9.22. The molecule has 0 atom stereocenters. The zero-order chi connectivity index (χ0) is 13.3. The number of aliphatic hydroxyl groups is 1. The predicted octanol–water partition coefficient (Wildman–Crippen LogP) is 3.76. The molecule has 3 heteroatoms. The molecule has 1 aliphatic carbocycles. The molecule has 1 fully saturated rings. The van der Waals surface area contributed by atoms with Crippen molar-refractivity contribution in [1.29, 1.82) is 0 Å². The van der Waals surface area contributed by atoms with E-state index in [-0.39, 0.29) is 12.0 Å². The molecule has 2 aliphatic rings. The molecule has 0 saturated heterocycles. The molecule has 0 bridgehead atoms. The number of hydrogen-bond donors (Lipinski definition) is 1. The van der Waals surface area contributed by atoms with E-state index in [1.165, 1.54) is 30.4 Å². The highest BCUT2D eigenvalue weighted by molar-refractivity contribution is 6.30. The third-order valence-corrected chi connectivity index (χ3v) is 4.86. The number of hydrogen-bond acceptors (Lipinski definition) is 2. The van der Waals surface area contributed by atoms with Crippen LogP contribution in [0.25, 0.3) is 0 Å². The molecule has 104 valence electrons. The second-order valence-electron chi connectivity index (χ2n) is 6.05. The Morgan fingerprint density at radius 2 is 2.00 bits per heavy atom. The van der Waals surface area contributed by atoms with Crippen molar-refractivity contribution in [3.63, 3.8) is 0 Å². The molecule has 0 radical (unpaired) electrons. The van der Waals surface area contributed by atoms with E-state index in [9.17, 15) is 5.11 Å². The van der Waals surface area contributed by atoms with Gasteiger partial charge in [0, 0.05) is 18.1 Å². The van der Waals surface area contributed by atoms with Gasteiger partial charge in [0.2, 0.25) is 0 Å². The monoisotopic (exact) mass is 280 g/mol. The van der Waals surface area contributed by atoms with E-state index in [1.54, 1.807) is 0 Å². The molecule has 1 aromatic carbocycles. The van der Waals surface area contributed by atoms with Crippen LogP contribution in [-0.4, -0.2) is 18.3 Å². The maximum Gasteiger partial charge on any atom is 0.125 e. The van der Waals surface area contributed by atoms with Gasteiger partial charge in [0.1, 0.15) is 5.75 Å². The van der Waals surface area contributed by atoms with Crippen LogP contribution in [0.15, 0.2) is 12.1 Å². The highest BCUT2D eigenvalue weighted by atomic mass is 35.5. The normalized spacial score (nSPS) is 20.9. The average molecular weight is 281 g/mol. The first-order valence-corrected chi connectivity index (χ1v) is 7.65. The fourth-order valence-corrected chi connectivity index (χ4v) is 3.84. The Balaban J connectivity index is 1.90. The molecule has 0 spiro atoms. The van der Waals surface area contributed by atoms with Gasteiger partial charge in [-0.1, -0.05) is 30.9 Å². The Labute approximate surface area is 119 Å². The summed E-state index contributed by atoms with van der Waals surface area (Å²) in [5.41, 5.74) is 2.46. The van der Waals surface area contributed by atoms with Gasteiger partial charge >= 0.3 is 0 Å². The quantitative estimate of drug-likeness (QED) is 0.913. The second-order valence-corrected chi connectivity index (χ2v) is 6.48. The molecule has 0 aromatic heterocycles. The molecule has 0 amide bonds. The molecule has 0 unspecified atom stereocenters. The van der Waals surface area contributed by atoms with E-state index < -0.39 is 0 Å². The Morgan fingerprint density at radius 3 is 2.74 bits per heavy atom. The van der Waals surface area contributed by atoms with Crippen molar-refractivity contribution in [3.8, 4) is 5.75 Å². The molecule has 1 aliphatic heterocycles. The van der Waals surface area contributed by atoms with Gasteiger partial charge in [-0.2, -0.15) is 0 Å². The third kappa shape index (κ3) is 2.61. The number of aliphatic hydroxyl groups excluding tert-OH is 1. The van der Waals surface area contributed by atoms with E-state index in [2.05, 4.69) is 0 Å². The zero-order valence-corrected chi connectivity index (χ0v) is 12.0. The summed E-state index contributed by atoms with van der Waals surface area (Å²) in [6, 6.07) is 4.04. The highest BCUT2D eigenvalue weighted by Crippen LogP contribution is 2.42. The van der Waals surface area contributed by atoms with Crippen molar-refractivity contribution in [3.05, 3.63) is 28.3 Å². The Bertz CT molecular complexity index is 464. The highest BCUT2D eigenvalue weighted by Gasteiger charge is 2.33. The predicted molar refractivity (Wildman–Crippen MR) is 77.0 cm³/mol. The second kappa shape index (κ2) is 5.34. The van der Waals surface area contributed by atoms with Crippen molar-refractivity contribution in [2.45, 2.75) is 44.9 Å². The van der Waals surface area contributed by atoms with Crippen LogP contribution in [0.4, 0.5) is 0 Å². The van der Waals surface area contributed by atoms with Crippen molar-refractivity contribution in [1.82, 2.24) is 0 Å². The number of benzene rings is 1. The molecule has 3 rings (SSSR count). The summed E-state index contributed by atoms with van der Waals surface area (Å²) in [4.78, 5) is 0. The molecule has 1 N–H and O–H groups in total. The summed E-state index contributed by atoms with van der Waals surface area (Å²) in [5.74, 6) is 1.03. The Hall–Kier alpha value is -0.730. The standard InChI is InChI=1S/C16H21ClO2/c17-14-8-12-4-7-19-15(12)13(9-14)10-16(11-18)5-2-1-3-6-16/h8-9,18H,1-7,10-11H2. The van der Waals surface area contributed by atoms with Crippen molar-refractivity contribution >= 4 is 11.6 Å². The van der Waals surface area contributed by atoms with Crippen LogP contribution in [0.2, 0.25) is 5.02 Å². The van der Waals surface area contributed by atoms with Gasteiger partial charge in [0.05, 0.1) is 6.61 Å². The van der Waals surface area contributed by atoms with Crippen molar-refractivity contribution < 1.29 is 9.84 Å². The lowest BCUT2D eigenvalue weighted by Gasteiger charge is -2.36. The summed E-state index contributed by atoms with van der Waals surface area (Å²) < 4.78 is 5.78. The lowest BCUT2D eigenvalue weighted by Crippen LogP contribution is -2.30. The summed E-state index contributed by atoms with van der Waals surface area (Å²) in [6.45, 7) is 1.03. The van der Waals surface area contributed by atoms with Gasteiger partial charge in [0.15, 0.2) is 0 Å². The minimum atomic E-state index is 0.0443. The molecule has 19 heavy (non-hydrogen) atoms. The number of fused-ring (bicyclic) bond motifs is 1. The van der Waals surface area contributed by atoms with Gasteiger partial charge < -0.3 is 9.84 Å². The van der Waals surface area contributed by atoms with Gasteiger partial charge in [0.25, 0.3) is 0 Å². The lowest BCUT2D eigenvalue weighted by atomic mass is 9.71. The van der Waals surface area contributed by atoms with Crippen LogP contribution in [-0.2, 0) is 12.8 Å². The Morgan fingerprint density at radius 1 is 1.21 bits per heavy atom. The van der Waals surface area contributed by atoms with Crippen LogP contribution in [0.1, 0.15) is 43.2 Å². The minimum Gasteiger partial charge on any atom is -0.493 e. The zero-order valence-electron chi connectivity index (χ0n) is 11.3. The maximum absolute atomic E-state index is 9.85. The first-order valence-electron chi connectivity index (χ1n) is 7.27. The van der Waals surface area contributed by atoms with Gasteiger partial charge in [-0.05, 0) is 47.9 Å². The van der Waals surface area contributed by atoms with Crippen LogP contribution in [0.3, 0.4) is 0 Å². The molecular formula is C16H21ClO2. The maximum atomic E-state index is 9.85. The summed E-state index contributed by atoms with van der Waals surface area (Å²) in [7, 11) is 0. The van der Waals surface area contributed by atoms with Crippen LogP contribution in [0, 0.1) is 5.41 Å². The fourth-order valence-electron chi connectivity index (χ4n) is 3.57. The SMILES string of the molecule is OCC1(Cc2cc(Cl)cc3c2OCC3)CCCCC1. The van der Waals surface area contributed by atoms with E-state index >= 15 is 0 Å². The minimum absolute atomic E-state index is 0.0443. The topological polar surface area (TPSA) is 29.5 Å². The van der Waals surface area contributed by atoms with Gasteiger partial charge in [-0.15, -0.1) is 0 Å². The van der Waals surface area contributed by atoms with Crippen LogP contribution >= 0.6 is 11.6 Å². The fraction of sp³-hybridized carbons (Fsp3) is 0.625. The molecule has 1 aromatic rings. The van der Waals surface area contributed by atoms with Crippen LogP contribution < -0.4 is 4.74 Å². The largest absolute Gasteiger partial charge is 0.493 e. The molecule has 2 nitrogen and oxygen atoms in total. The summed E-state index contributed by atoms with van der Waals surface area (Å²) >= 11 is 6.22. The van der Waals surface area contributed by atoms with Gasteiger partial charge in [-0.25, -0.2) is 0 Å². The number of halogens is 1. The van der Waals surface area contributed by atoms with E-state index in [4.69, 9.17) is 16.3 Å². The van der Waals surface area contributed by atoms with E-state index in [0.29, 0.717) is 0 Å². The molecular weight excluding hydrogens is 260 g/mol. The lowest BCUT2D eigenvalue weighted by molar-refractivity contribution is 0.0817. The molecule has 1 heterocycles. The number of ether oxygens (including phenoxy) is 1. The average Bonchev–Trinajstić information content (AvgIpc) is 2.88. The van der Waals surface area contributed by atoms with Crippen molar-refractivity contribution in [2.24, 2.45) is 5.41 Å². The Kier molecular flexibility index (Phi) is 3.72. The van der Waals surface area contributed by atoms with Crippen molar-refractivity contribution in [2.75, 3.05) is 13.2 Å². The van der Waals surface area contributed by atoms with Gasteiger partial charge in [-0.3, -0.25) is 0 Å². The smallest absolute Gasteiger partial charge is 0.125 e. The number of rotatable bonds is 3. The van der Waals surface area contributed by atoms with E-state index in [1.807, 2.05) is 12.1 Å². The summed E-state index contributed by atoms with van der Waals surface area (Å²) in [6.07, 6.45) is 7.83. The first kappa shape index (κ1) is 13.3. The third-order valence-electron chi connectivity index (χ3n) is 4.64. The summed E-state index contributed by atoms with van der Waals surface area (Å²) in [5, 5.41) is 10.6. The molecule has 1 saturated carbocycles.